The molecule has 1 aromatic carbocycles. The van der Waals surface area contributed by atoms with Crippen LogP contribution in [0.25, 0.3) is 0 Å². The summed E-state index contributed by atoms with van der Waals surface area (Å²) in [6.07, 6.45) is 1.84. The van der Waals surface area contributed by atoms with Crippen molar-refractivity contribution in [2.75, 3.05) is 32.1 Å². The van der Waals surface area contributed by atoms with Crippen molar-refractivity contribution in [3.05, 3.63) is 59.5 Å². The van der Waals surface area contributed by atoms with Gasteiger partial charge in [0.2, 0.25) is 5.91 Å². The highest BCUT2D eigenvalue weighted by Crippen LogP contribution is 2.25. The third-order valence-corrected chi connectivity index (χ3v) is 4.15. The van der Waals surface area contributed by atoms with Gasteiger partial charge in [0.15, 0.2) is 0 Å². The first-order valence-corrected chi connectivity index (χ1v) is 7.94. The van der Waals surface area contributed by atoms with Crippen LogP contribution in [-0.4, -0.2) is 43.0 Å². The lowest BCUT2D eigenvalue weighted by Crippen LogP contribution is -2.49. The van der Waals surface area contributed by atoms with Crippen LogP contribution in [0.1, 0.15) is 17.2 Å². The molecule has 0 aliphatic carbocycles. The molecule has 0 radical (unpaired) electrons. The lowest BCUT2D eigenvalue weighted by molar-refractivity contribution is -0.129. The number of aromatic nitrogens is 1. The van der Waals surface area contributed by atoms with E-state index in [1.165, 1.54) is 12.1 Å². The number of benzene rings is 1. The van der Waals surface area contributed by atoms with E-state index in [1.807, 2.05) is 37.3 Å². The van der Waals surface area contributed by atoms with E-state index in [-0.39, 0.29) is 11.7 Å². The van der Waals surface area contributed by atoms with E-state index in [0.29, 0.717) is 13.1 Å². The molecule has 0 bridgehead atoms. The van der Waals surface area contributed by atoms with Gasteiger partial charge in [-0.05, 0) is 29.3 Å². The van der Waals surface area contributed by atoms with Crippen LogP contribution in [-0.2, 0) is 11.3 Å². The number of rotatable bonds is 4. The van der Waals surface area contributed by atoms with Crippen molar-refractivity contribution in [1.29, 1.82) is 0 Å². The molecule has 6 heteroatoms. The summed E-state index contributed by atoms with van der Waals surface area (Å²) in [5, 5.41) is 2.89. The van der Waals surface area contributed by atoms with Gasteiger partial charge in [0.1, 0.15) is 17.7 Å². The molecule has 24 heavy (non-hydrogen) atoms. The highest BCUT2D eigenvalue weighted by molar-refractivity contribution is 5.83. The fourth-order valence-corrected chi connectivity index (χ4v) is 2.90. The largest absolute Gasteiger partial charge is 0.363 e. The Morgan fingerprint density at radius 1 is 1.25 bits per heavy atom. The van der Waals surface area contributed by atoms with E-state index < -0.39 is 6.04 Å². The monoisotopic (exact) mass is 328 g/mol. The Labute approximate surface area is 141 Å². The van der Waals surface area contributed by atoms with Gasteiger partial charge < -0.3 is 10.2 Å². The minimum Gasteiger partial charge on any atom is -0.363 e. The predicted molar refractivity (Wildman–Crippen MR) is 91.1 cm³/mol. The molecule has 126 valence electrons. The maximum absolute atomic E-state index is 13.2. The van der Waals surface area contributed by atoms with E-state index >= 15 is 0 Å². The van der Waals surface area contributed by atoms with Crippen molar-refractivity contribution in [1.82, 2.24) is 15.2 Å². The third-order valence-electron chi connectivity index (χ3n) is 4.15. The van der Waals surface area contributed by atoms with Gasteiger partial charge in [-0.25, -0.2) is 9.37 Å². The Morgan fingerprint density at radius 2 is 2.00 bits per heavy atom. The number of carbonyl (C=O) groups excluding carboxylic acids is 1. The van der Waals surface area contributed by atoms with Gasteiger partial charge in [0.25, 0.3) is 0 Å². The number of nitrogens with one attached hydrogen (secondary N) is 1. The van der Waals surface area contributed by atoms with Gasteiger partial charge in [-0.2, -0.15) is 0 Å². The first-order valence-electron chi connectivity index (χ1n) is 7.94. The quantitative estimate of drug-likeness (QED) is 0.932. The average molecular weight is 328 g/mol. The minimum atomic E-state index is -0.409. The van der Waals surface area contributed by atoms with Gasteiger partial charge in [-0.15, -0.1) is 0 Å². The molecule has 2 heterocycles. The molecule has 5 nitrogen and oxygen atoms in total. The first kappa shape index (κ1) is 16.4. The molecule has 3 rings (SSSR count). The fourth-order valence-electron chi connectivity index (χ4n) is 2.90. The number of nitrogens with zero attached hydrogens (tertiary/aromatic N) is 3. The summed E-state index contributed by atoms with van der Waals surface area (Å²) in [7, 11) is 3.89. The van der Waals surface area contributed by atoms with Crippen molar-refractivity contribution in [3.8, 4) is 0 Å². The number of amides is 1. The Kier molecular flexibility index (Phi) is 4.76. The minimum absolute atomic E-state index is 0.0503. The highest BCUT2D eigenvalue weighted by Gasteiger charge is 2.31. The van der Waals surface area contributed by atoms with Crippen LogP contribution in [0.3, 0.4) is 0 Å². The number of anilines is 1. The Balaban J connectivity index is 1.81. The highest BCUT2D eigenvalue weighted by atomic mass is 19.1. The van der Waals surface area contributed by atoms with Crippen LogP contribution in [0.4, 0.5) is 10.2 Å². The van der Waals surface area contributed by atoms with E-state index in [2.05, 4.69) is 15.2 Å². The summed E-state index contributed by atoms with van der Waals surface area (Å²) in [4.78, 5) is 20.8. The summed E-state index contributed by atoms with van der Waals surface area (Å²) in [5.41, 5.74) is 1.84. The topological polar surface area (TPSA) is 48.5 Å². The third kappa shape index (κ3) is 3.54. The van der Waals surface area contributed by atoms with Crippen molar-refractivity contribution in [2.45, 2.75) is 12.6 Å². The lowest BCUT2D eigenvalue weighted by Gasteiger charge is -2.35. The van der Waals surface area contributed by atoms with Crippen molar-refractivity contribution in [3.63, 3.8) is 0 Å². The zero-order chi connectivity index (χ0) is 17.1. The SMILES string of the molecule is CN(C)c1ccc(CN2CCNC(=O)C2c2ccc(F)cc2)cn1. The standard InChI is InChI=1S/C18H21FN4O/c1-22(2)16-8-3-13(11-21-16)12-23-10-9-20-18(24)17(23)14-4-6-15(19)7-5-14/h3-8,11,17H,9-10,12H2,1-2H3,(H,20,24). The molecule has 1 aromatic heterocycles. The molecular formula is C18H21FN4O. The Morgan fingerprint density at radius 3 is 2.62 bits per heavy atom. The molecule has 0 saturated carbocycles. The summed E-state index contributed by atoms with van der Waals surface area (Å²) in [6, 6.07) is 9.71. The maximum atomic E-state index is 13.2. The molecule has 1 atom stereocenters. The second-order valence-corrected chi connectivity index (χ2v) is 6.13. The molecule has 1 amide bonds. The van der Waals surface area contributed by atoms with Crippen LogP contribution >= 0.6 is 0 Å². The van der Waals surface area contributed by atoms with Crippen LogP contribution in [0, 0.1) is 5.82 Å². The maximum Gasteiger partial charge on any atom is 0.242 e. The molecule has 1 fully saturated rings. The zero-order valence-corrected chi connectivity index (χ0v) is 13.9. The second-order valence-electron chi connectivity index (χ2n) is 6.13. The molecule has 2 aromatic rings. The fraction of sp³-hybridized carbons (Fsp3) is 0.333. The normalized spacial score (nSPS) is 18.3. The Hall–Kier alpha value is -2.47. The number of pyridine rings is 1. The van der Waals surface area contributed by atoms with Gasteiger partial charge in [-0.3, -0.25) is 9.69 Å². The number of carbonyl (C=O) groups is 1. The number of hydrogen-bond acceptors (Lipinski definition) is 4. The second kappa shape index (κ2) is 6.97. The van der Waals surface area contributed by atoms with Crippen molar-refractivity contribution in [2.24, 2.45) is 0 Å². The smallest absolute Gasteiger partial charge is 0.242 e. The van der Waals surface area contributed by atoms with Gasteiger partial charge in [0.05, 0.1) is 0 Å². The lowest BCUT2D eigenvalue weighted by atomic mass is 10.0. The zero-order valence-electron chi connectivity index (χ0n) is 13.9. The average Bonchev–Trinajstić information content (AvgIpc) is 2.57. The summed E-state index contributed by atoms with van der Waals surface area (Å²) in [5.74, 6) is 0.543. The van der Waals surface area contributed by atoms with E-state index in [4.69, 9.17) is 0 Å². The molecular weight excluding hydrogens is 307 g/mol. The Bertz CT molecular complexity index is 700. The number of halogens is 1. The first-order chi connectivity index (χ1) is 11.5. The van der Waals surface area contributed by atoms with E-state index in [1.54, 1.807) is 12.1 Å². The van der Waals surface area contributed by atoms with E-state index in [0.717, 1.165) is 23.5 Å². The van der Waals surface area contributed by atoms with Crippen LogP contribution < -0.4 is 10.2 Å². The van der Waals surface area contributed by atoms with Crippen LogP contribution in [0.5, 0.6) is 0 Å². The molecule has 1 unspecified atom stereocenters. The molecule has 1 aliphatic rings. The summed E-state index contributed by atoms with van der Waals surface area (Å²) < 4.78 is 13.2. The summed E-state index contributed by atoms with van der Waals surface area (Å²) >= 11 is 0. The van der Waals surface area contributed by atoms with Crippen molar-refractivity contribution < 1.29 is 9.18 Å². The van der Waals surface area contributed by atoms with Crippen LogP contribution in [0.2, 0.25) is 0 Å². The van der Waals surface area contributed by atoms with Gasteiger partial charge >= 0.3 is 0 Å². The number of piperazine rings is 1. The molecule has 1 saturated heterocycles. The van der Waals surface area contributed by atoms with Crippen LogP contribution in [0.15, 0.2) is 42.6 Å². The van der Waals surface area contributed by atoms with Gasteiger partial charge in [0, 0.05) is 39.9 Å². The van der Waals surface area contributed by atoms with E-state index in [9.17, 15) is 9.18 Å². The summed E-state index contributed by atoms with van der Waals surface area (Å²) in [6.45, 7) is 1.97. The van der Waals surface area contributed by atoms with Gasteiger partial charge in [-0.1, -0.05) is 18.2 Å². The predicted octanol–water partition coefficient (Wildman–Crippen LogP) is 1.96. The molecule has 1 N–H and O–H groups in total. The molecule has 0 spiro atoms. The molecule has 1 aliphatic heterocycles. The number of hydrogen-bond donors (Lipinski definition) is 1. The van der Waals surface area contributed by atoms with Crippen molar-refractivity contribution >= 4 is 11.7 Å².